The van der Waals surface area contributed by atoms with Crippen LogP contribution in [0.1, 0.15) is 54.4 Å². The molecule has 4 rings (SSSR count). The molecule has 4 aromatic rings. The molecule has 0 aliphatic heterocycles. The maximum atomic E-state index is 14.3. The van der Waals surface area contributed by atoms with Gasteiger partial charge in [0.25, 0.3) is 0 Å². The van der Waals surface area contributed by atoms with E-state index >= 15 is 0 Å². The van der Waals surface area contributed by atoms with Gasteiger partial charge in [0.15, 0.2) is 5.78 Å². The normalized spacial score (nSPS) is 13.6. The Morgan fingerprint density at radius 2 is 1.03 bits per heavy atom. The lowest BCUT2D eigenvalue weighted by Gasteiger charge is -2.26. The van der Waals surface area contributed by atoms with Gasteiger partial charge in [-0.1, -0.05) is 135 Å². The Morgan fingerprint density at radius 1 is 0.606 bits per heavy atom. The van der Waals surface area contributed by atoms with Crippen molar-refractivity contribution in [2.45, 2.75) is 32.1 Å². The average Bonchev–Trinajstić information content (AvgIpc) is 2.90. The van der Waals surface area contributed by atoms with Gasteiger partial charge in [0.05, 0.1) is 0 Å². The monoisotopic (exact) mass is 430 g/mol. The van der Waals surface area contributed by atoms with E-state index in [1.165, 1.54) is 5.56 Å². The van der Waals surface area contributed by atoms with Gasteiger partial charge in [0.1, 0.15) is 0 Å². The molecule has 164 valence electrons. The molecule has 0 saturated heterocycles. The Balaban J connectivity index is 2.00. The fourth-order valence-corrected chi connectivity index (χ4v) is 4.57. The molecule has 0 aliphatic rings. The van der Waals surface area contributed by atoms with E-state index < -0.39 is 0 Å². The Morgan fingerprint density at radius 3 is 1.52 bits per heavy atom. The first kappa shape index (κ1) is 22.5. The Hall–Kier alpha value is -3.71. The number of carbonyl (C=O) groups excluding carboxylic acids is 1. The van der Waals surface area contributed by atoms with Gasteiger partial charge in [0.2, 0.25) is 0 Å². The van der Waals surface area contributed by atoms with Gasteiger partial charge in [-0.25, -0.2) is 0 Å². The number of hydrogen-bond donors (Lipinski definition) is 0. The lowest BCUT2D eigenvalue weighted by molar-refractivity contribution is -0.114. The number of Topliss-reactive ketones (excluding diaryl/α,β-unsaturated/α-hetero) is 1. The highest BCUT2D eigenvalue weighted by Gasteiger charge is 2.28. The molecule has 33 heavy (non-hydrogen) atoms. The van der Waals surface area contributed by atoms with Crippen molar-refractivity contribution in [2.24, 2.45) is 0 Å². The van der Waals surface area contributed by atoms with E-state index in [-0.39, 0.29) is 17.6 Å². The van der Waals surface area contributed by atoms with Crippen molar-refractivity contribution < 1.29 is 4.79 Å². The van der Waals surface area contributed by atoms with Gasteiger partial charge < -0.3 is 0 Å². The topological polar surface area (TPSA) is 17.1 Å². The van der Waals surface area contributed by atoms with Crippen molar-refractivity contribution in [1.29, 1.82) is 0 Å². The second kappa shape index (κ2) is 10.7. The van der Waals surface area contributed by atoms with E-state index in [1.807, 2.05) is 67.6 Å². The summed E-state index contributed by atoms with van der Waals surface area (Å²) in [5.74, 6) is 0.0183. The Labute approximate surface area is 197 Å². The standard InChI is InChI=1S/C32H30O/c1-3-29(26-18-10-5-11-19-26)30(27-20-12-6-13-21-27)31(28-22-14-7-15-23-28)32(33)24(2)25-16-8-4-9-17-25/h4-24,29H,3H2,1-2H3/b31-30-. The van der Waals surface area contributed by atoms with Gasteiger partial charge in [-0.3, -0.25) is 4.79 Å². The molecule has 0 amide bonds. The molecule has 1 heteroatoms. The van der Waals surface area contributed by atoms with E-state index in [9.17, 15) is 4.79 Å². The van der Waals surface area contributed by atoms with E-state index in [1.54, 1.807) is 0 Å². The summed E-state index contributed by atoms with van der Waals surface area (Å²) >= 11 is 0. The zero-order valence-corrected chi connectivity index (χ0v) is 19.3. The van der Waals surface area contributed by atoms with Crippen LogP contribution < -0.4 is 0 Å². The summed E-state index contributed by atoms with van der Waals surface area (Å²) in [6.07, 6.45) is 0.900. The van der Waals surface area contributed by atoms with Crippen LogP contribution in [0.15, 0.2) is 121 Å². The van der Waals surface area contributed by atoms with Crippen molar-refractivity contribution in [3.8, 4) is 0 Å². The first-order valence-electron chi connectivity index (χ1n) is 11.7. The molecule has 0 saturated carbocycles. The molecule has 0 N–H and O–H groups in total. The number of ketones is 1. The second-order valence-corrected chi connectivity index (χ2v) is 8.39. The molecule has 0 aliphatic carbocycles. The lowest BCUT2D eigenvalue weighted by Crippen LogP contribution is -2.15. The van der Waals surface area contributed by atoms with Crippen molar-refractivity contribution >= 4 is 16.9 Å². The fourth-order valence-electron chi connectivity index (χ4n) is 4.57. The van der Waals surface area contributed by atoms with Crippen LogP contribution in [0.5, 0.6) is 0 Å². The summed E-state index contributed by atoms with van der Waals surface area (Å²) < 4.78 is 0. The minimum atomic E-state index is -0.242. The summed E-state index contributed by atoms with van der Waals surface area (Å²) in [7, 11) is 0. The van der Waals surface area contributed by atoms with Gasteiger partial charge in [0, 0.05) is 17.4 Å². The molecule has 0 spiro atoms. The second-order valence-electron chi connectivity index (χ2n) is 8.39. The SMILES string of the molecule is CCC(/C(=C(\C(=O)C(C)c1ccccc1)c1ccccc1)c1ccccc1)c1ccccc1. The first-order valence-corrected chi connectivity index (χ1v) is 11.7. The van der Waals surface area contributed by atoms with E-state index in [0.717, 1.165) is 34.3 Å². The third-order valence-electron chi connectivity index (χ3n) is 6.31. The maximum Gasteiger partial charge on any atom is 0.170 e. The molecule has 4 aromatic carbocycles. The first-order chi connectivity index (χ1) is 16.2. The number of rotatable bonds is 8. The number of allylic oxidation sites excluding steroid dienone is 2. The van der Waals surface area contributed by atoms with Crippen LogP contribution in [0.25, 0.3) is 11.1 Å². The Bertz CT molecular complexity index is 1190. The predicted molar refractivity (Wildman–Crippen MR) is 139 cm³/mol. The zero-order valence-electron chi connectivity index (χ0n) is 19.3. The summed E-state index contributed by atoms with van der Waals surface area (Å²) in [4.78, 5) is 14.3. The summed E-state index contributed by atoms with van der Waals surface area (Å²) in [5, 5.41) is 0. The third kappa shape index (κ3) is 5.04. The van der Waals surface area contributed by atoms with Crippen molar-refractivity contribution in [3.05, 3.63) is 144 Å². The van der Waals surface area contributed by atoms with Crippen molar-refractivity contribution in [3.63, 3.8) is 0 Å². The van der Waals surface area contributed by atoms with Crippen molar-refractivity contribution in [2.75, 3.05) is 0 Å². The van der Waals surface area contributed by atoms with Gasteiger partial charge in [-0.05, 0) is 34.2 Å². The van der Waals surface area contributed by atoms with Gasteiger partial charge >= 0.3 is 0 Å². The molecule has 1 nitrogen and oxygen atoms in total. The summed E-state index contributed by atoms with van der Waals surface area (Å²) in [5.41, 5.74) is 6.25. The Kier molecular flexibility index (Phi) is 7.32. The van der Waals surface area contributed by atoms with Crippen LogP contribution in [-0.2, 0) is 4.79 Å². The third-order valence-corrected chi connectivity index (χ3v) is 6.31. The van der Waals surface area contributed by atoms with Gasteiger partial charge in [-0.15, -0.1) is 0 Å². The van der Waals surface area contributed by atoms with Crippen LogP contribution in [0.2, 0.25) is 0 Å². The van der Waals surface area contributed by atoms with Gasteiger partial charge in [-0.2, -0.15) is 0 Å². The average molecular weight is 431 g/mol. The molecule has 0 radical (unpaired) electrons. The maximum absolute atomic E-state index is 14.3. The molecular weight excluding hydrogens is 400 g/mol. The summed E-state index contributed by atoms with van der Waals surface area (Å²) in [6.45, 7) is 4.22. The highest BCUT2D eigenvalue weighted by Crippen LogP contribution is 2.42. The molecular formula is C32H30O. The van der Waals surface area contributed by atoms with Crippen LogP contribution in [-0.4, -0.2) is 5.78 Å². The molecule has 0 aromatic heterocycles. The van der Waals surface area contributed by atoms with E-state index in [0.29, 0.717) is 0 Å². The summed E-state index contributed by atoms with van der Waals surface area (Å²) in [6, 6.07) is 41.2. The minimum Gasteiger partial charge on any atom is -0.293 e. The van der Waals surface area contributed by atoms with Crippen LogP contribution >= 0.6 is 0 Å². The molecule has 0 fully saturated rings. The van der Waals surface area contributed by atoms with E-state index in [2.05, 4.69) is 67.6 Å². The highest BCUT2D eigenvalue weighted by atomic mass is 16.1. The zero-order chi connectivity index (χ0) is 23.0. The minimum absolute atomic E-state index is 0.107. The number of carbonyl (C=O) groups is 1. The van der Waals surface area contributed by atoms with Crippen LogP contribution in [0.3, 0.4) is 0 Å². The van der Waals surface area contributed by atoms with Crippen molar-refractivity contribution in [1.82, 2.24) is 0 Å². The van der Waals surface area contributed by atoms with Crippen LogP contribution in [0, 0.1) is 0 Å². The smallest absolute Gasteiger partial charge is 0.170 e. The van der Waals surface area contributed by atoms with E-state index in [4.69, 9.17) is 0 Å². The molecule has 2 unspecified atom stereocenters. The van der Waals surface area contributed by atoms with Crippen LogP contribution in [0.4, 0.5) is 0 Å². The quantitative estimate of drug-likeness (QED) is 0.203. The highest BCUT2D eigenvalue weighted by molar-refractivity contribution is 6.30. The molecule has 0 bridgehead atoms. The number of benzene rings is 4. The lowest BCUT2D eigenvalue weighted by atomic mass is 9.77. The largest absolute Gasteiger partial charge is 0.293 e. The number of hydrogen-bond acceptors (Lipinski definition) is 1. The molecule has 2 atom stereocenters. The fraction of sp³-hybridized carbons (Fsp3) is 0.156. The molecule has 0 heterocycles. The predicted octanol–water partition coefficient (Wildman–Crippen LogP) is 8.16.